The summed E-state index contributed by atoms with van der Waals surface area (Å²) >= 11 is 0. The molecule has 1 saturated carbocycles. The molecule has 1 fully saturated rings. The molecule has 0 radical (unpaired) electrons. The molecule has 0 bridgehead atoms. The van der Waals surface area contributed by atoms with Crippen LogP contribution in [0.15, 0.2) is 0 Å². The molecule has 11 heavy (non-hydrogen) atoms. The summed E-state index contributed by atoms with van der Waals surface area (Å²) in [4.78, 5) is 0. The van der Waals surface area contributed by atoms with Crippen LogP contribution in [0.4, 0.5) is 0 Å². The first-order valence-electron chi connectivity index (χ1n) is 4.12. The van der Waals surface area contributed by atoms with E-state index >= 15 is 0 Å². The van der Waals surface area contributed by atoms with Gasteiger partial charge in [-0.1, -0.05) is 0 Å². The van der Waals surface area contributed by atoms with Gasteiger partial charge in [0.1, 0.15) is 0 Å². The molecule has 4 nitrogen and oxygen atoms in total. The summed E-state index contributed by atoms with van der Waals surface area (Å²) in [6.07, 6.45) is 2.45. The molecule has 0 aliphatic heterocycles. The maximum Gasteiger partial charge on any atom is 0.0207 e. The highest BCUT2D eigenvalue weighted by Crippen LogP contribution is 2.13. The van der Waals surface area contributed by atoms with Crippen molar-refractivity contribution < 1.29 is 0 Å². The molecule has 0 aromatic carbocycles. The molecular weight excluding hydrogens is 140 g/mol. The lowest BCUT2D eigenvalue weighted by molar-refractivity contribution is 0.477. The monoisotopic (exact) mass is 158 g/mol. The van der Waals surface area contributed by atoms with Crippen molar-refractivity contribution in [3.63, 3.8) is 0 Å². The minimum Gasteiger partial charge on any atom is -0.328 e. The lowest BCUT2D eigenvalue weighted by atomic mass is 10.0. The first-order valence-corrected chi connectivity index (χ1v) is 4.12. The van der Waals surface area contributed by atoms with Crippen molar-refractivity contribution in [1.29, 1.82) is 0 Å². The van der Waals surface area contributed by atoms with Gasteiger partial charge in [-0.05, 0) is 19.3 Å². The average Bonchev–Trinajstić information content (AvgIpc) is 1.93. The topological polar surface area (TPSA) is 104 Å². The predicted molar refractivity (Wildman–Crippen MR) is 45.8 cm³/mol. The molecule has 0 aromatic rings. The average molecular weight is 158 g/mol. The minimum atomic E-state index is 0.0264. The molecule has 0 aromatic heterocycles. The molecule has 66 valence electrons. The largest absolute Gasteiger partial charge is 0.328 e. The van der Waals surface area contributed by atoms with Gasteiger partial charge >= 0.3 is 0 Å². The summed E-state index contributed by atoms with van der Waals surface area (Å²) in [5, 5.41) is 0. The molecule has 8 N–H and O–H groups in total. The first kappa shape index (κ1) is 8.93. The van der Waals surface area contributed by atoms with E-state index in [1.807, 2.05) is 0 Å². The van der Waals surface area contributed by atoms with E-state index in [1.165, 1.54) is 0 Å². The lowest BCUT2D eigenvalue weighted by Crippen LogP contribution is -2.43. The fraction of sp³-hybridized carbons (Fsp3) is 1.00. The highest BCUT2D eigenvalue weighted by Gasteiger charge is 2.24. The summed E-state index contributed by atoms with van der Waals surface area (Å²) < 4.78 is 0. The van der Waals surface area contributed by atoms with Crippen molar-refractivity contribution in [2.75, 3.05) is 0 Å². The second-order valence-electron chi connectivity index (χ2n) is 3.55. The van der Waals surface area contributed by atoms with Gasteiger partial charge in [0.05, 0.1) is 0 Å². The molecule has 4 atom stereocenters. The number of rotatable bonds is 0. The fourth-order valence-electron chi connectivity index (χ4n) is 1.63. The summed E-state index contributed by atoms with van der Waals surface area (Å²) in [5.41, 5.74) is 23.1. The minimum absolute atomic E-state index is 0.0264. The smallest absolute Gasteiger partial charge is 0.0207 e. The maximum atomic E-state index is 5.77. The van der Waals surface area contributed by atoms with Crippen molar-refractivity contribution in [3.8, 4) is 0 Å². The fourth-order valence-corrected chi connectivity index (χ4v) is 1.63. The van der Waals surface area contributed by atoms with Gasteiger partial charge in [-0.25, -0.2) is 0 Å². The van der Waals surface area contributed by atoms with Crippen LogP contribution < -0.4 is 22.9 Å². The van der Waals surface area contributed by atoms with Gasteiger partial charge in [0.15, 0.2) is 0 Å². The van der Waals surface area contributed by atoms with E-state index in [4.69, 9.17) is 22.9 Å². The third-order valence-corrected chi connectivity index (χ3v) is 2.31. The van der Waals surface area contributed by atoms with E-state index in [2.05, 4.69) is 0 Å². The second kappa shape index (κ2) is 3.49. The van der Waals surface area contributed by atoms with Crippen LogP contribution in [0.25, 0.3) is 0 Å². The Morgan fingerprint density at radius 3 is 1.36 bits per heavy atom. The molecule has 1 rings (SSSR count). The summed E-state index contributed by atoms with van der Waals surface area (Å²) in [6, 6.07) is 0.319. The zero-order chi connectivity index (χ0) is 8.43. The normalized spacial score (nSPS) is 46.9. The molecular formula is C7H18N4. The predicted octanol–water partition coefficient (Wildman–Crippen LogP) is -1.52. The van der Waals surface area contributed by atoms with Crippen molar-refractivity contribution in [2.45, 2.75) is 43.4 Å². The highest BCUT2D eigenvalue weighted by molar-refractivity contribution is 4.89. The Hall–Kier alpha value is -0.160. The Kier molecular flexibility index (Phi) is 2.84. The summed E-state index contributed by atoms with van der Waals surface area (Å²) in [6.45, 7) is 0. The van der Waals surface area contributed by atoms with Crippen LogP contribution in [0.2, 0.25) is 0 Å². The molecule has 3 unspecified atom stereocenters. The Labute approximate surface area is 67.3 Å². The van der Waals surface area contributed by atoms with Crippen LogP contribution in [-0.4, -0.2) is 24.2 Å². The standard InChI is InChI=1S/C7H18N4/c8-4-1-5(9)3-7(11)6(10)2-4/h4-7H,1-3,8-11H2/t4-,5?,6?,7?/m0/s1. The first-order chi connectivity index (χ1) is 5.09. The number of hydrogen-bond acceptors (Lipinski definition) is 4. The zero-order valence-corrected chi connectivity index (χ0v) is 6.74. The van der Waals surface area contributed by atoms with Gasteiger partial charge < -0.3 is 22.9 Å². The van der Waals surface area contributed by atoms with E-state index < -0.39 is 0 Å². The van der Waals surface area contributed by atoms with Crippen LogP contribution in [0.1, 0.15) is 19.3 Å². The van der Waals surface area contributed by atoms with Crippen LogP contribution in [0.3, 0.4) is 0 Å². The summed E-state index contributed by atoms with van der Waals surface area (Å²) in [5.74, 6) is 0. The lowest BCUT2D eigenvalue weighted by Gasteiger charge is -2.17. The highest BCUT2D eigenvalue weighted by atomic mass is 14.8. The maximum absolute atomic E-state index is 5.77. The number of nitrogens with two attached hydrogens (primary N) is 4. The SMILES string of the molecule is NC1CC(N)C(N)C[C@@H](N)C1. The van der Waals surface area contributed by atoms with Crippen LogP contribution in [-0.2, 0) is 0 Å². The Morgan fingerprint density at radius 2 is 1.00 bits per heavy atom. The molecule has 1 aliphatic carbocycles. The van der Waals surface area contributed by atoms with Crippen LogP contribution in [0.5, 0.6) is 0 Å². The van der Waals surface area contributed by atoms with Gasteiger partial charge in [0, 0.05) is 24.2 Å². The molecule has 0 amide bonds. The van der Waals surface area contributed by atoms with Gasteiger partial charge in [-0.15, -0.1) is 0 Å². The van der Waals surface area contributed by atoms with E-state index in [9.17, 15) is 0 Å². The second-order valence-corrected chi connectivity index (χ2v) is 3.55. The van der Waals surface area contributed by atoms with Crippen molar-refractivity contribution in [2.24, 2.45) is 22.9 Å². The van der Waals surface area contributed by atoms with Gasteiger partial charge in [-0.3, -0.25) is 0 Å². The summed E-state index contributed by atoms with van der Waals surface area (Å²) in [7, 11) is 0. The zero-order valence-electron chi connectivity index (χ0n) is 6.74. The van der Waals surface area contributed by atoms with Crippen molar-refractivity contribution >= 4 is 0 Å². The molecule has 0 spiro atoms. The Balaban J connectivity index is 2.51. The molecule has 1 aliphatic rings. The third kappa shape index (κ3) is 2.41. The van der Waals surface area contributed by atoms with Crippen LogP contribution in [0, 0.1) is 0 Å². The van der Waals surface area contributed by atoms with Crippen molar-refractivity contribution in [3.05, 3.63) is 0 Å². The van der Waals surface area contributed by atoms with Gasteiger partial charge in [0.2, 0.25) is 0 Å². The van der Waals surface area contributed by atoms with Crippen molar-refractivity contribution in [1.82, 2.24) is 0 Å². The van der Waals surface area contributed by atoms with E-state index in [0.717, 1.165) is 19.3 Å². The van der Waals surface area contributed by atoms with E-state index in [1.54, 1.807) is 0 Å². The molecule has 0 saturated heterocycles. The molecule has 0 heterocycles. The van der Waals surface area contributed by atoms with Gasteiger partial charge in [0.25, 0.3) is 0 Å². The number of hydrogen-bond donors (Lipinski definition) is 4. The van der Waals surface area contributed by atoms with E-state index in [-0.39, 0.29) is 24.2 Å². The third-order valence-electron chi connectivity index (χ3n) is 2.31. The van der Waals surface area contributed by atoms with Crippen LogP contribution >= 0.6 is 0 Å². The van der Waals surface area contributed by atoms with Gasteiger partial charge in [-0.2, -0.15) is 0 Å². The Bertz CT molecular complexity index is 114. The quantitative estimate of drug-likeness (QED) is 0.321. The van der Waals surface area contributed by atoms with E-state index in [0.29, 0.717) is 0 Å². The molecule has 4 heteroatoms. The Morgan fingerprint density at radius 1 is 0.636 bits per heavy atom.